The second kappa shape index (κ2) is 9.43. The molecule has 4 aromatic rings. The van der Waals surface area contributed by atoms with Gasteiger partial charge in [-0.05, 0) is 48.4 Å². The van der Waals surface area contributed by atoms with Crippen LogP contribution in [0.15, 0.2) is 89.9 Å². The van der Waals surface area contributed by atoms with Crippen molar-refractivity contribution in [2.24, 2.45) is 0 Å². The predicted octanol–water partition coefficient (Wildman–Crippen LogP) is 5.69. The highest BCUT2D eigenvalue weighted by molar-refractivity contribution is 6.03. The van der Waals surface area contributed by atoms with Crippen molar-refractivity contribution in [2.75, 3.05) is 5.32 Å². The Bertz CT molecular complexity index is 1360. The topological polar surface area (TPSA) is 60.3 Å². The third-order valence-corrected chi connectivity index (χ3v) is 5.48. The van der Waals surface area contributed by atoms with Crippen LogP contribution in [0.5, 0.6) is 5.75 Å². The lowest BCUT2D eigenvalue weighted by molar-refractivity contribution is -0.274. The zero-order valence-electron chi connectivity index (χ0n) is 18.2. The van der Waals surface area contributed by atoms with E-state index in [0.29, 0.717) is 22.0 Å². The van der Waals surface area contributed by atoms with Gasteiger partial charge in [-0.3, -0.25) is 9.59 Å². The van der Waals surface area contributed by atoms with Crippen molar-refractivity contribution in [1.82, 2.24) is 4.57 Å². The maximum absolute atomic E-state index is 13.1. The van der Waals surface area contributed by atoms with Gasteiger partial charge in [0, 0.05) is 22.7 Å². The lowest BCUT2D eigenvalue weighted by atomic mass is 10.00. The molecule has 1 amide bonds. The molecule has 0 aliphatic rings. The fourth-order valence-electron chi connectivity index (χ4n) is 3.68. The monoisotopic (exact) mass is 466 g/mol. The van der Waals surface area contributed by atoms with Crippen LogP contribution in [-0.4, -0.2) is 16.8 Å². The average Bonchev–Trinajstić information content (AvgIpc) is 2.81. The number of hydrogen-bond acceptors (Lipinski definition) is 3. The Balaban J connectivity index is 1.55. The van der Waals surface area contributed by atoms with Crippen LogP contribution in [0.4, 0.5) is 18.9 Å². The zero-order valence-corrected chi connectivity index (χ0v) is 18.2. The van der Waals surface area contributed by atoms with Crippen molar-refractivity contribution in [2.45, 2.75) is 25.7 Å². The second-order valence-corrected chi connectivity index (χ2v) is 7.83. The molecule has 174 valence electrons. The minimum atomic E-state index is -4.76. The van der Waals surface area contributed by atoms with E-state index >= 15 is 0 Å². The summed E-state index contributed by atoms with van der Waals surface area (Å²) < 4.78 is 42.3. The standard InChI is InChI=1S/C26H21F3N2O3/c1-17(19-6-3-2-4-7-19)24(32)30-23-9-5-8-22-21(23)14-15-31(25(22)33)16-18-10-12-20(13-11-18)34-26(27,28)29/h2-15,17H,16H2,1H3,(H,30,32). The van der Waals surface area contributed by atoms with Gasteiger partial charge in [0.25, 0.3) is 5.56 Å². The average molecular weight is 466 g/mol. The van der Waals surface area contributed by atoms with Crippen LogP contribution in [0.1, 0.15) is 24.0 Å². The van der Waals surface area contributed by atoms with Gasteiger partial charge in [-0.2, -0.15) is 0 Å². The van der Waals surface area contributed by atoms with Gasteiger partial charge in [0.2, 0.25) is 5.91 Å². The fourth-order valence-corrected chi connectivity index (χ4v) is 3.68. The molecule has 0 spiro atoms. The maximum atomic E-state index is 13.1. The lowest BCUT2D eigenvalue weighted by Crippen LogP contribution is -2.22. The number of nitrogens with zero attached hydrogens (tertiary/aromatic N) is 1. The van der Waals surface area contributed by atoms with E-state index < -0.39 is 6.36 Å². The first kappa shape index (κ1) is 23.1. The first-order chi connectivity index (χ1) is 16.2. The van der Waals surface area contributed by atoms with Gasteiger partial charge >= 0.3 is 6.36 Å². The summed E-state index contributed by atoms with van der Waals surface area (Å²) >= 11 is 0. The van der Waals surface area contributed by atoms with E-state index in [1.165, 1.54) is 28.8 Å². The Morgan fingerprint density at radius 3 is 2.32 bits per heavy atom. The molecule has 1 unspecified atom stereocenters. The largest absolute Gasteiger partial charge is 0.573 e. The number of aromatic nitrogens is 1. The van der Waals surface area contributed by atoms with Gasteiger partial charge in [-0.1, -0.05) is 48.5 Å². The number of carbonyl (C=O) groups is 1. The number of carbonyl (C=O) groups excluding carboxylic acids is 1. The molecule has 1 heterocycles. The number of ether oxygens (including phenoxy) is 1. The molecule has 34 heavy (non-hydrogen) atoms. The Hall–Kier alpha value is -4.07. The first-order valence-corrected chi connectivity index (χ1v) is 10.5. The van der Waals surface area contributed by atoms with Crippen molar-refractivity contribution in [1.29, 1.82) is 0 Å². The molecule has 4 rings (SSSR count). The van der Waals surface area contributed by atoms with Crippen LogP contribution in [0, 0.1) is 0 Å². The molecule has 0 bridgehead atoms. The van der Waals surface area contributed by atoms with Crippen molar-refractivity contribution in [3.8, 4) is 5.75 Å². The van der Waals surface area contributed by atoms with E-state index in [1.54, 1.807) is 30.5 Å². The number of alkyl halides is 3. The van der Waals surface area contributed by atoms with Crippen molar-refractivity contribution >= 4 is 22.4 Å². The second-order valence-electron chi connectivity index (χ2n) is 7.83. The Labute approximate surface area is 193 Å². The molecule has 0 fully saturated rings. The van der Waals surface area contributed by atoms with Gasteiger partial charge in [0.1, 0.15) is 5.75 Å². The number of pyridine rings is 1. The summed E-state index contributed by atoms with van der Waals surface area (Å²) in [5, 5.41) is 3.94. The maximum Gasteiger partial charge on any atom is 0.573 e. The van der Waals surface area contributed by atoms with Gasteiger partial charge < -0.3 is 14.6 Å². The molecule has 1 atom stereocenters. The molecule has 5 nitrogen and oxygen atoms in total. The van der Waals surface area contributed by atoms with E-state index in [1.807, 2.05) is 37.3 Å². The molecule has 0 aliphatic carbocycles. The minimum absolute atomic E-state index is 0.169. The third kappa shape index (κ3) is 5.28. The van der Waals surface area contributed by atoms with E-state index in [-0.39, 0.29) is 29.7 Å². The van der Waals surface area contributed by atoms with E-state index in [9.17, 15) is 22.8 Å². The molecule has 8 heteroatoms. The normalized spacial score (nSPS) is 12.4. The minimum Gasteiger partial charge on any atom is -0.406 e. The predicted molar refractivity (Wildman–Crippen MR) is 124 cm³/mol. The number of halogens is 3. The molecule has 1 aromatic heterocycles. The van der Waals surface area contributed by atoms with E-state index in [2.05, 4.69) is 10.1 Å². The molecular formula is C26H21F3N2O3. The SMILES string of the molecule is CC(C(=O)Nc1cccc2c(=O)n(Cc3ccc(OC(F)(F)F)cc3)ccc12)c1ccccc1. The highest BCUT2D eigenvalue weighted by Crippen LogP contribution is 2.25. The van der Waals surface area contributed by atoms with Crippen molar-refractivity contribution in [3.05, 3.63) is 107 Å². The van der Waals surface area contributed by atoms with E-state index in [4.69, 9.17) is 0 Å². The number of amides is 1. The summed E-state index contributed by atoms with van der Waals surface area (Å²) in [5.41, 5.74) is 1.77. The number of anilines is 1. The molecule has 0 radical (unpaired) electrons. The summed E-state index contributed by atoms with van der Waals surface area (Å²) in [5.74, 6) is -0.891. The third-order valence-electron chi connectivity index (χ3n) is 5.48. The Kier molecular flexibility index (Phi) is 6.40. The Morgan fingerprint density at radius 2 is 1.65 bits per heavy atom. The van der Waals surface area contributed by atoms with Crippen LogP contribution in [0.3, 0.4) is 0 Å². The molecular weight excluding hydrogens is 445 g/mol. The number of nitrogens with one attached hydrogen (secondary N) is 1. The van der Waals surface area contributed by atoms with Gasteiger partial charge in [0.15, 0.2) is 0 Å². The summed E-state index contributed by atoms with van der Waals surface area (Å²) in [6.45, 7) is 1.98. The zero-order chi connectivity index (χ0) is 24.3. The highest BCUT2D eigenvalue weighted by Gasteiger charge is 2.30. The summed E-state index contributed by atoms with van der Waals surface area (Å²) in [6, 6.07) is 21.6. The summed E-state index contributed by atoms with van der Waals surface area (Å²) in [7, 11) is 0. The quantitative estimate of drug-likeness (QED) is 0.397. The Morgan fingerprint density at radius 1 is 0.941 bits per heavy atom. The first-order valence-electron chi connectivity index (χ1n) is 10.5. The fraction of sp³-hybridized carbons (Fsp3) is 0.154. The lowest BCUT2D eigenvalue weighted by Gasteiger charge is -2.15. The van der Waals surface area contributed by atoms with Gasteiger partial charge in [0.05, 0.1) is 12.5 Å². The van der Waals surface area contributed by atoms with Crippen molar-refractivity contribution < 1.29 is 22.7 Å². The van der Waals surface area contributed by atoms with Crippen LogP contribution >= 0.6 is 0 Å². The molecule has 0 aliphatic heterocycles. The van der Waals surface area contributed by atoms with Crippen LogP contribution in [0.25, 0.3) is 10.8 Å². The number of fused-ring (bicyclic) bond motifs is 1. The van der Waals surface area contributed by atoms with Crippen LogP contribution in [-0.2, 0) is 11.3 Å². The summed E-state index contributed by atoms with van der Waals surface area (Å²) in [4.78, 5) is 25.8. The molecule has 3 aromatic carbocycles. The molecule has 0 saturated heterocycles. The van der Waals surface area contributed by atoms with E-state index in [0.717, 1.165) is 5.56 Å². The van der Waals surface area contributed by atoms with Gasteiger partial charge in [-0.25, -0.2) is 0 Å². The van der Waals surface area contributed by atoms with Crippen LogP contribution < -0.4 is 15.6 Å². The van der Waals surface area contributed by atoms with Crippen molar-refractivity contribution in [3.63, 3.8) is 0 Å². The summed E-state index contributed by atoms with van der Waals surface area (Å²) in [6.07, 6.45) is -3.16. The highest BCUT2D eigenvalue weighted by atomic mass is 19.4. The van der Waals surface area contributed by atoms with Crippen LogP contribution in [0.2, 0.25) is 0 Å². The smallest absolute Gasteiger partial charge is 0.406 e. The number of rotatable bonds is 6. The molecule has 0 saturated carbocycles. The van der Waals surface area contributed by atoms with Gasteiger partial charge in [-0.15, -0.1) is 13.2 Å². The number of benzene rings is 3. The number of hydrogen-bond donors (Lipinski definition) is 1. The molecule has 1 N–H and O–H groups in total.